The SMILES string of the molecule is CCCc1ccc(CC[C@H]2CC[C@H](CCc3ccccc3C=O)CC2)cc1. The number of carbonyl (C=O) groups is 1. The molecule has 0 heterocycles. The third-order valence-corrected chi connectivity index (χ3v) is 6.37. The predicted molar refractivity (Wildman–Crippen MR) is 114 cm³/mol. The summed E-state index contributed by atoms with van der Waals surface area (Å²) in [6.07, 6.45) is 13.8. The molecule has 0 saturated heterocycles. The van der Waals surface area contributed by atoms with Gasteiger partial charge in [-0.1, -0.05) is 87.6 Å². The number of aryl methyl sites for hydroxylation is 3. The van der Waals surface area contributed by atoms with E-state index in [1.807, 2.05) is 18.2 Å². The summed E-state index contributed by atoms with van der Waals surface area (Å²) in [5.74, 6) is 1.74. The standard InChI is InChI=1S/C26H34O/c1-2-5-21-8-10-22(11-9-21)12-13-23-14-16-24(17-15-23)18-19-25-6-3-4-7-26(25)20-27/h3-4,6-11,20,23-24H,2,5,12-19H2,1H3/t23-,24-. The van der Waals surface area contributed by atoms with Crippen molar-refractivity contribution in [2.45, 2.75) is 71.1 Å². The number of hydrogen-bond donors (Lipinski definition) is 0. The van der Waals surface area contributed by atoms with E-state index in [0.29, 0.717) is 0 Å². The zero-order valence-electron chi connectivity index (χ0n) is 16.8. The van der Waals surface area contributed by atoms with Crippen molar-refractivity contribution < 1.29 is 4.79 Å². The van der Waals surface area contributed by atoms with Crippen LogP contribution in [0.25, 0.3) is 0 Å². The van der Waals surface area contributed by atoms with Crippen LogP contribution in [0.5, 0.6) is 0 Å². The van der Waals surface area contributed by atoms with E-state index in [9.17, 15) is 4.79 Å². The molecule has 0 aromatic heterocycles. The van der Waals surface area contributed by atoms with Gasteiger partial charge in [-0.15, -0.1) is 0 Å². The van der Waals surface area contributed by atoms with Crippen LogP contribution in [0.1, 0.15) is 78.9 Å². The first-order valence-corrected chi connectivity index (χ1v) is 10.9. The first-order chi connectivity index (χ1) is 13.3. The summed E-state index contributed by atoms with van der Waals surface area (Å²) in [7, 11) is 0. The quantitative estimate of drug-likeness (QED) is 0.447. The summed E-state index contributed by atoms with van der Waals surface area (Å²) >= 11 is 0. The van der Waals surface area contributed by atoms with E-state index in [-0.39, 0.29) is 0 Å². The lowest BCUT2D eigenvalue weighted by molar-refractivity contribution is 0.112. The lowest BCUT2D eigenvalue weighted by atomic mass is 9.77. The molecule has 1 fully saturated rings. The molecule has 0 unspecified atom stereocenters. The summed E-state index contributed by atoms with van der Waals surface area (Å²) in [5.41, 5.74) is 5.07. The van der Waals surface area contributed by atoms with E-state index >= 15 is 0 Å². The number of aldehydes is 1. The summed E-state index contributed by atoms with van der Waals surface area (Å²) < 4.78 is 0. The molecule has 1 saturated carbocycles. The smallest absolute Gasteiger partial charge is 0.150 e. The van der Waals surface area contributed by atoms with E-state index in [1.54, 1.807) is 0 Å². The minimum atomic E-state index is 0.842. The maximum absolute atomic E-state index is 11.2. The van der Waals surface area contributed by atoms with Crippen molar-refractivity contribution >= 4 is 6.29 Å². The van der Waals surface area contributed by atoms with Crippen molar-refractivity contribution in [2.75, 3.05) is 0 Å². The van der Waals surface area contributed by atoms with Crippen LogP contribution in [0, 0.1) is 11.8 Å². The highest BCUT2D eigenvalue weighted by Gasteiger charge is 2.21. The molecule has 0 atom stereocenters. The maximum atomic E-state index is 11.2. The number of hydrogen-bond acceptors (Lipinski definition) is 1. The molecule has 144 valence electrons. The molecule has 2 aromatic carbocycles. The van der Waals surface area contributed by atoms with Gasteiger partial charge in [0.15, 0.2) is 0 Å². The van der Waals surface area contributed by atoms with Crippen LogP contribution in [0.15, 0.2) is 48.5 Å². The van der Waals surface area contributed by atoms with Crippen molar-refractivity contribution in [1.29, 1.82) is 0 Å². The topological polar surface area (TPSA) is 17.1 Å². The lowest BCUT2D eigenvalue weighted by Crippen LogP contribution is -2.16. The Balaban J connectivity index is 1.38. The highest BCUT2D eigenvalue weighted by atomic mass is 16.1. The van der Waals surface area contributed by atoms with Crippen molar-refractivity contribution in [3.63, 3.8) is 0 Å². The second kappa shape index (κ2) is 10.4. The molecule has 2 aromatic rings. The van der Waals surface area contributed by atoms with Gasteiger partial charge in [0.1, 0.15) is 6.29 Å². The molecule has 0 bridgehead atoms. The average Bonchev–Trinajstić information content (AvgIpc) is 2.73. The Morgan fingerprint density at radius 2 is 1.33 bits per heavy atom. The Morgan fingerprint density at radius 3 is 1.93 bits per heavy atom. The lowest BCUT2D eigenvalue weighted by Gasteiger charge is -2.28. The van der Waals surface area contributed by atoms with Crippen LogP contribution in [0.3, 0.4) is 0 Å². The molecule has 0 spiro atoms. The molecule has 1 heteroatoms. The van der Waals surface area contributed by atoms with E-state index < -0.39 is 0 Å². The Kier molecular flexibility index (Phi) is 7.68. The maximum Gasteiger partial charge on any atom is 0.150 e. The molecule has 1 aliphatic carbocycles. The molecule has 3 rings (SSSR count). The molecule has 0 amide bonds. The zero-order valence-corrected chi connectivity index (χ0v) is 16.8. The van der Waals surface area contributed by atoms with Gasteiger partial charge < -0.3 is 0 Å². The Bertz CT molecular complexity index is 692. The van der Waals surface area contributed by atoms with Gasteiger partial charge in [-0.05, 0) is 60.6 Å². The van der Waals surface area contributed by atoms with Crippen molar-refractivity contribution in [1.82, 2.24) is 0 Å². The van der Waals surface area contributed by atoms with E-state index in [0.717, 1.165) is 30.1 Å². The average molecular weight is 363 g/mol. The third kappa shape index (κ3) is 6.06. The summed E-state index contributed by atoms with van der Waals surface area (Å²) in [6.45, 7) is 2.24. The second-order valence-electron chi connectivity index (χ2n) is 8.35. The molecular formula is C26H34O. The fraction of sp³-hybridized carbons (Fsp3) is 0.500. The monoisotopic (exact) mass is 362 g/mol. The minimum Gasteiger partial charge on any atom is -0.298 e. The first kappa shape index (κ1) is 19.9. The molecule has 0 radical (unpaired) electrons. The van der Waals surface area contributed by atoms with Crippen LogP contribution >= 0.6 is 0 Å². The fourth-order valence-corrected chi connectivity index (χ4v) is 4.58. The zero-order chi connectivity index (χ0) is 18.9. The van der Waals surface area contributed by atoms with E-state index in [2.05, 4.69) is 37.3 Å². The molecule has 27 heavy (non-hydrogen) atoms. The van der Waals surface area contributed by atoms with Gasteiger partial charge in [0.2, 0.25) is 0 Å². The van der Waals surface area contributed by atoms with Gasteiger partial charge in [-0.25, -0.2) is 0 Å². The van der Waals surface area contributed by atoms with Crippen LogP contribution in [0.2, 0.25) is 0 Å². The van der Waals surface area contributed by atoms with Gasteiger partial charge in [-0.3, -0.25) is 4.79 Å². The second-order valence-corrected chi connectivity index (χ2v) is 8.35. The van der Waals surface area contributed by atoms with Crippen molar-refractivity contribution in [3.8, 4) is 0 Å². The minimum absolute atomic E-state index is 0.842. The van der Waals surface area contributed by atoms with Gasteiger partial charge in [0.25, 0.3) is 0 Å². The first-order valence-electron chi connectivity index (χ1n) is 10.9. The van der Waals surface area contributed by atoms with Crippen LogP contribution < -0.4 is 0 Å². The van der Waals surface area contributed by atoms with E-state index in [4.69, 9.17) is 0 Å². The normalized spacial score (nSPS) is 19.7. The molecule has 1 nitrogen and oxygen atoms in total. The number of rotatable bonds is 9. The van der Waals surface area contributed by atoms with Gasteiger partial charge in [0, 0.05) is 5.56 Å². The van der Waals surface area contributed by atoms with Crippen LogP contribution in [0.4, 0.5) is 0 Å². The predicted octanol–water partition coefficient (Wildman–Crippen LogP) is 6.82. The Morgan fingerprint density at radius 1 is 0.778 bits per heavy atom. The molecule has 1 aliphatic rings. The number of benzene rings is 2. The molecule has 0 aliphatic heterocycles. The number of carbonyl (C=O) groups excluding carboxylic acids is 1. The van der Waals surface area contributed by atoms with Gasteiger partial charge >= 0.3 is 0 Å². The summed E-state index contributed by atoms with van der Waals surface area (Å²) in [4.78, 5) is 11.2. The van der Waals surface area contributed by atoms with Crippen molar-refractivity contribution in [2.24, 2.45) is 11.8 Å². The van der Waals surface area contributed by atoms with Gasteiger partial charge in [-0.2, -0.15) is 0 Å². The van der Waals surface area contributed by atoms with Crippen molar-refractivity contribution in [3.05, 3.63) is 70.8 Å². The molecular weight excluding hydrogens is 328 g/mol. The highest BCUT2D eigenvalue weighted by Crippen LogP contribution is 2.34. The highest BCUT2D eigenvalue weighted by molar-refractivity contribution is 5.77. The van der Waals surface area contributed by atoms with Gasteiger partial charge in [0.05, 0.1) is 0 Å². The molecule has 0 N–H and O–H groups in total. The summed E-state index contributed by atoms with van der Waals surface area (Å²) in [6, 6.07) is 17.3. The van der Waals surface area contributed by atoms with E-state index in [1.165, 1.54) is 74.5 Å². The van der Waals surface area contributed by atoms with Crippen LogP contribution in [-0.2, 0) is 19.3 Å². The summed E-state index contributed by atoms with van der Waals surface area (Å²) in [5, 5.41) is 0. The Labute approximate surface area is 165 Å². The van der Waals surface area contributed by atoms with Crippen LogP contribution in [-0.4, -0.2) is 6.29 Å². The Hall–Kier alpha value is -1.89. The fourth-order valence-electron chi connectivity index (χ4n) is 4.58. The largest absolute Gasteiger partial charge is 0.298 e. The third-order valence-electron chi connectivity index (χ3n) is 6.37.